The van der Waals surface area contributed by atoms with Gasteiger partial charge in [0.25, 0.3) is 5.91 Å². The molecular formula is C29H36N2O4. The average Bonchev–Trinajstić information content (AvgIpc) is 3.35. The molecule has 0 bridgehead atoms. The van der Waals surface area contributed by atoms with Gasteiger partial charge in [-0.1, -0.05) is 12.1 Å². The van der Waals surface area contributed by atoms with Crippen LogP contribution in [0.5, 0.6) is 17.2 Å². The highest BCUT2D eigenvalue weighted by molar-refractivity contribution is 5.99. The third-order valence-corrected chi connectivity index (χ3v) is 7.79. The van der Waals surface area contributed by atoms with Gasteiger partial charge in [0.05, 0.1) is 19.8 Å². The molecule has 2 unspecified atom stereocenters. The number of carbonyl (C=O) groups excluding carboxylic acids is 1. The number of nitrogens with one attached hydrogen (secondary N) is 1. The van der Waals surface area contributed by atoms with Crippen LogP contribution in [-0.2, 0) is 4.79 Å². The second-order valence-corrected chi connectivity index (χ2v) is 10.1. The quantitative estimate of drug-likeness (QED) is 0.631. The zero-order valence-corrected chi connectivity index (χ0v) is 20.8. The number of rotatable bonds is 7. The first-order chi connectivity index (χ1) is 17.1. The minimum Gasteiger partial charge on any atom is -0.497 e. The van der Waals surface area contributed by atoms with Crippen molar-refractivity contribution >= 4 is 12.0 Å². The Bertz CT molecular complexity index is 1060. The standard InChI is InChI=1S/C29H36N2O4/c1-33-26-8-4-21(5-9-26)22-11-13-31(14-12-22)18-20-3-7-25(15-20)30-29(32)24-16-23-6-10-27(34-2)17-28(23)35-19-24/h4-6,8-10,16-17,20,22,25H,3,7,11-15,18-19H2,1-2H3,(H,30,32). The monoisotopic (exact) mass is 476 g/mol. The van der Waals surface area contributed by atoms with Crippen molar-refractivity contribution in [3.05, 3.63) is 59.2 Å². The molecule has 0 spiro atoms. The fourth-order valence-corrected chi connectivity index (χ4v) is 5.74. The number of amides is 1. The summed E-state index contributed by atoms with van der Waals surface area (Å²) >= 11 is 0. The molecule has 1 aliphatic carbocycles. The highest BCUT2D eigenvalue weighted by Crippen LogP contribution is 2.33. The van der Waals surface area contributed by atoms with Crippen LogP contribution in [0, 0.1) is 5.92 Å². The molecule has 6 nitrogen and oxygen atoms in total. The zero-order valence-electron chi connectivity index (χ0n) is 20.8. The van der Waals surface area contributed by atoms with Gasteiger partial charge < -0.3 is 24.4 Å². The summed E-state index contributed by atoms with van der Waals surface area (Å²) in [5.74, 6) is 3.74. The molecule has 35 heavy (non-hydrogen) atoms. The Labute approximate surface area is 208 Å². The molecule has 1 amide bonds. The smallest absolute Gasteiger partial charge is 0.250 e. The number of fused-ring (bicyclic) bond motifs is 1. The SMILES string of the molecule is COc1ccc(C2CCN(CC3CCC(NC(=O)C4=Cc5ccc(OC)cc5OC4)C3)CC2)cc1. The third kappa shape index (κ3) is 5.64. The van der Waals surface area contributed by atoms with E-state index in [2.05, 4.69) is 34.5 Å². The first kappa shape index (κ1) is 23.7. The molecule has 0 aromatic heterocycles. The minimum absolute atomic E-state index is 0.00239. The number of methoxy groups -OCH3 is 2. The highest BCUT2D eigenvalue weighted by atomic mass is 16.5. The largest absolute Gasteiger partial charge is 0.497 e. The van der Waals surface area contributed by atoms with Gasteiger partial charge in [-0.05, 0) is 92.9 Å². The lowest BCUT2D eigenvalue weighted by atomic mass is 9.89. The van der Waals surface area contributed by atoms with Crippen LogP contribution in [0.1, 0.15) is 49.1 Å². The van der Waals surface area contributed by atoms with Crippen molar-refractivity contribution in [2.24, 2.45) is 5.92 Å². The topological polar surface area (TPSA) is 60.0 Å². The predicted octanol–water partition coefficient (Wildman–Crippen LogP) is 4.64. The van der Waals surface area contributed by atoms with Crippen molar-refractivity contribution < 1.29 is 19.0 Å². The molecule has 2 aliphatic heterocycles. The van der Waals surface area contributed by atoms with E-state index in [1.165, 1.54) is 24.8 Å². The Balaban J connectivity index is 1.07. The van der Waals surface area contributed by atoms with Gasteiger partial charge in [-0.25, -0.2) is 0 Å². The van der Waals surface area contributed by atoms with E-state index >= 15 is 0 Å². The molecule has 1 saturated heterocycles. The summed E-state index contributed by atoms with van der Waals surface area (Å²) in [7, 11) is 3.35. The van der Waals surface area contributed by atoms with Gasteiger partial charge in [0, 0.05) is 24.2 Å². The van der Waals surface area contributed by atoms with E-state index in [1.807, 2.05) is 24.3 Å². The summed E-state index contributed by atoms with van der Waals surface area (Å²) in [4.78, 5) is 15.5. The maximum atomic E-state index is 12.9. The van der Waals surface area contributed by atoms with Crippen LogP contribution in [0.2, 0.25) is 0 Å². The van der Waals surface area contributed by atoms with E-state index in [1.54, 1.807) is 14.2 Å². The van der Waals surface area contributed by atoms with Gasteiger partial charge in [0.2, 0.25) is 0 Å². The van der Waals surface area contributed by atoms with Crippen molar-refractivity contribution in [2.45, 2.75) is 44.1 Å². The summed E-state index contributed by atoms with van der Waals surface area (Å²) in [6.45, 7) is 3.74. The van der Waals surface area contributed by atoms with E-state index < -0.39 is 0 Å². The Hall–Kier alpha value is -2.99. The van der Waals surface area contributed by atoms with Gasteiger partial charge in [0.1, 0.15) is 23.9 Å². The first-order valence-corrected chi connectivity index (χ1v) is 12.8. The number of hydrogen-bond acceptors (Lipinski definition) is 5. The number of ether oxygens (including phenoxy) is 3. The summed E-state index contributed by atoms with van der Waals surface area (Å²) in [5.41, 5.74) is 3.04. The molecule has 1 N–H and O–H groups in total. The van der Waals surface area contributed by atoms with Crippen LogP contribution in [-0.4, -0.2) is 57.3 Å². The molecule has 1 saturated carbocycles. The molecule has 2 heterocycles. The lowest BCUT2D eigenvalue weighted by molar-refractivity contribution is -0.118. The number of nitrogens with zero attached hydrogens (tertiary/aromatic N) is 1. The van der Waals surface area contributed by atoms with E-state index in [0.29, 0.717) is 24.0 Å². The van der Waals surface area contributed by atoms with Gasteiger partial charge >= 0.3 is 0 Å². The van der Waals surface area contributed by atoms with Gasteiger partial charge in [0.15, 0.2) is 0 Å². The number of carbonyl (C=O) groups is 1. The third-order valence-electron chi connectivity index (χ3n) is 7.79. The van der Waals surface area contributed by atoms with E-state index in [0.717, 1.165) is 55.3 Å². The molecule has 0 radical (unpaired) electrons. The van der Waals surface area contributed by atoms with Crippen LogP contribution >= 0.6 is 0 Å². The maximum absolute atomic E-state index is 12.9. The Morgan fingerprint density at radius 2 is 1.74 bits per heavy atom. The van der Waals surface area contributed by atoms with Crippen LogP contribution in [0.25, 0.3) is 6.08 Å². The Kier molecular flexibility index (Phi) is 7.28. The molecule has 186 valence electrons. The van der Waals surface area contributed by atoms with Crippen molar-refractivity contribution in [2.75, 3.05) is 40.5 Å². The number of likely N-dealkylation sites (tertiary alicyclic amines) is 1. The minimum atomic E-state index is -0.00239. The van der Waals surface area contributed by atoms with E-state index in [4.69, 9.17) is 14.2 Å². The maximum Gasteiger partial charge on any atom is 0.250 e. The fraction of sp³-hybridized carbons (Fsp3) is 0.483. The Morgan fingerprint density at radius 1 is 1.00 bits per heavy atom. The molecular weight excluding hydrogens is 440 g/mol. The van der Waals surface area contributed by atoms with E-state index in [-0.39, 0.29) is 11.9 Å². The summed E-state index contributed by atoms with van der Waals surface area (Å²) in [5, 5.41) is 3.27. The van der Waals surface area contributed by atoms with Crippen molar-refractivity contribution in [3.63, 3.8) is 0 Å². The lowest BCUT2D eigenvalue weighted by Crippen LogP contribution is -2.38. The van der Waals surface area contributed by atoms with E-state index in [9.17, 15) is 4.79 Å². The molecule has 3 aliphatic rings. The lowest BCUT2D eigenvalue weighted by Gasteiger charge is -2.33. The molecule has 2 aromatic carbocycles. The number of piperidine rings is 1. The zero-order chi connectivity index (χ0) is 24.2. The summed E-state index contributed by atoms with van der Waals surface area (Å²) < 4.78 is 16.4. The van der Waals surface area contributed by atoms with Crippen LogP contribution in [0.15, 0.2) is 48.0 Å². The van der Waals surface area contributed by atoms with Crippen LogP contribution < -0.4 is 19.5 Å². The number of benzene rings is 2. The van der Waals surface area contributed by atoms with Crippen LogP contribution in [0.4, 0.5) is 0 Å². The molecule has 2 fully saturated rings. The number of hydrogen-bond donors (Lipinski definition) is 1. The van der Waals surface area contributed by atoms with Gasteiger partial charge in [-0.2, -0.15) is 0 Å². The first-order valence-electron chi connectivity index (χ1n) is 12.8. The molecule has 6 heteroatoms. The van der Waals surface area contributed by atoms with Gasteiger partial charge in [-0.3, -0.25) is 4.79 Å². The summed E-state index contributed by atoms with van der Waals surface area (Å²) in [6.07, 6.45) is 7.66. The van der Waals surface area contributed by atoms with Crippen molar-refractivity contribution in [1.82, 2.24) is 10.2 Å². The second kappa shape index (κ2) is 10.7. The van der Waals surface area contributed by atoms with Gasteiger partial charge in [-0.15, -0.1) is 0 Å². The Morgan fingerprint density at radius 3 is 2.49 bits per heavy atom. The van der Waals surface area contributed by atoms with Crippen molar-refractivity contribution in [3.8, 4) is 17.2 Å². The summed E-state index contributed by atoms with van der Waals surface area (Å²) in [6, 6.07) is 14.5. The highest BCUT2D eigenvalue weighted by Gasteiger charge is 2.30. The molecule has 5 rings (SSSR count). The van der Waals surface area contributed by atoms with Crippen LogP contribution in [0.3, 0.4) is 0 Å². The average molecular weight is 477 g/mol. The van der Waals surface area contributed by atoms with Crippen molar-refractivity contribution in [1.29, 1.82) is 0 Å². The predicted molar refractivity (Wildman–Crippen MR) is 137 cm³/mol. The second-order valence-electron chi connectivity index (χ2n) is 10.1. The molecule has 2 aromatic rings. The normalized spacial score (nSPS) is 22.6. The fourth-order valence-electron chi connectivity index (χ4n) is 5.74. The molecule has 2 atom stereocenters.